The molecule has 1 aromatic heterocycles. The van der Waals surface area contributed by atoms with Crippen molar-refractivity contribution in [3.8, 4) is 0 Å². The van der Waals surface area contributed by atoms with E-state index < -0.39 is 0 Å². The summed E-state index contributed by atoms with van der Waals surface area (Å²) in [4.78, 5) is 21.1. The van der Waals surface area contributed by atoms with Crippen molar-refractivity contribution in [1.29, 1.82) is 0 Å². The van der Waals surface area contributed by atoms with Gasteiger partial charge in [0, 0.05) is 36.2 Å². The van der Waals surface area contributed by atoms with Crippen molar-refractivity contribution in [1.82, 2.24) is 15.3 Å². The first-order valence-electron chi connectivity index (χ1n) is 10.3. The second-order valence-corrected chi connectivity index (χ2v) is 7.97. The van der Waals surface area contributed by atoms with Crippen LogP contribution in [0.3, 0.4) is 0 Å². The Morgan fingerprint density at radius 1 is 1.07 bits per heavy atom. The zero-order valence-corrected chi connectivity index (χ0v) is 16.0. The van der Waals surface area contributed by atoms with Gasteiger partial charge >= 0.3 is 0 Å². The summed E-state index contributed by atoms with van der Waals surface area (Å²) in [5, 5.41) is 6.52. The number of nitrogens with one attached hydrogen (secondary N) is 2. The number of aromatic nitrogens is 2. The van der Waals surface area contributed by atoms with E-state index in [0.717, 1.165) is 42.8 Å². The highest BCUT2D eigenvalue weighted by atomic mass is 19.1. The third-order valence-corrected chi connectivity index (χ3v) is 5.74. The van der Waals surface area contributed by atoms with Gasteiger partial charge in [0.2, 0.25) is 5.91 Å². The number of nitrogens with zero attached hydrogens (tertiary/aromatic N) is 2. The van der Waals surface area contributed by atoms with Gasteiger partial charge < -0.3 is 10.6 Å². The van der Waals surface area contributed by atoms with Gasteiger partial charge in [0.05, 0.1) is 0 Å². The highest BCUT2D eigenvalue weighted by molar-refractivity contribution is 5.78. The largest absolute Gasteiger partial charge is 0.367 e. The molecule has 2 saturated carbocycles. The van der Waals surface area contributed by atoms with E-state index >= 15 is 0 Å². The first kappa shape index (κ1) is 18.8. The Morgan fingerprint density at radius 3 is 2.64 bits per heavy atom. The minimum atomic E-state index is -0.234. The van der Waals surface area contributed by atoms with Crippen LogP contribution in [0, 0.1) is 11.7 Å². The van der Waals surface area contributed by atoms with E-state index in [0.29, 0.717) is 24.9 Å². The number of hydrogen-bond acceptors (Lipinski definition) is 4. The summed E-state index contributed by atoms with van der Waals surface area (Å²) in [5.74, 6) is 1.48. The molecule has 2 aliphatic carbocycles. The molecule has 4 rings (SSSR count). The molecule has 2 aromatic rings. The van der Waals surface area contributed by atoms with Gasteiger partial charge in [-0.3, -0.25) is 4.79 Å². The predicted molar refractivity (Wildman–Crippen MR) is 106 cm³/mol. The van der Waals surface area contributed by atoms with Crippen LogP contribution in [-0.2, 0) is 11.2 Å². The summed E-state index contributed by atoms with van der Waals surface area (Å²) in [7, 11) is 0. The first-order chi connectivity index (χ1) is 13.7. The number of rotatable bonds is 7. The molecule has 0 aliphatic heterocycles. The Balaban J connectivity index is 1.19. The van der Waals surface area contributed by atoms with E-state index in [1.807, 2.05) is 6.07 Å². The summed E-state index contributed by atoms with van der Waals surface area (Å²) in [6.45, 7) is 0.547. The Labute approximate surface area is 165 Å². The van der Waals surface area contributed by atoms with Crippen molar-refractivity contribution in [2.24, 2.45) is 5.92 Å². The lowest BCUT2D eigenvalue weighted by molar-refractivity contribution is -0.125. The summed E-state index contributed by atoms with van der Waals surface area (Å²) in [5.41, 5.74) is 2.05. The van der Waals surface area contributed by atoms with Crippen LogP contribution in [0.5, 0.6) is 0 Å². The molecule has 0 saturated heterocycles. The number of amides is 1. The summed E-state index contributed by atoms with van der Waals surface area (Å²) >= 11 is 0. The molecule has 0 atom stereocenters. The normalized spacial score (nSPS) is 21.9. The highest BCUT2D eigenvalue weighted by Crippen LogP contribution is 2.39. The predicted octanol–water partition coefficient (Wildman–Crippen LogP) is 3.82. The third-order valence-electron chi connectivity index (χ3n) is 5.74. The van der Waals surface area contributed by atoms with Gasteiger partial charge in [0.15, 0.2) is 0 Å². The molecule has 5 nitrogen and oxygen atoms in total. The van der Waals surface area contributed by atoms with E-state index in [4.69, 9.17) is 0 Å². The van der Waals surface area contributed by atoms with Gasteiger partial charge in [0.25, 0.3) is 0 Å². The van der Waals surface area contributed by atoms with Crippen molar-refractivity contribution in [2.75, 3.05) is 11.9 Å². The number of benzene rings is 1. The standard InChI is InChI=1S/C22H27FN4O/c23-18-3-1-2-15(12-18)10-11-24-22(28)17-6-8-19(9-7-17)27-21-13-20(16-4-5-16)25-14-26-21/h1-3,12-14,16-17,19H,4-11H2,(H,24,28)(H,25,26,27). The van der Waals surface area contributed by atoms with Gasteiger partial charge in [-0.25, -0.2) is 14.4 Å². The van der Waals surface area contributed by atoms with Gasteiger partial charge in [-0.15, -0.1) is 0 Å². The number of carbonyl (C=O) groups is 1. The van der Waals surface area contributed by atoms with Crippen molar-refractivity contribution < 1.29 is 9.18 Å². The lowest BCUT2D eigenvalue weighted by Crippen LogP contribution is -2.36. The quantitative estimate of drug-likeness (QED) is 0.764. The van der Waals surface area contributed by atoms with Crippen LogP contribution in [0.25, 0.3) is 0 Å². The lowest BCUT2D eigenvalue weighted by atomic mass is 9.85. The fourth-order valence-electron chi connectivity index (χ4n) is 3.93. The average Bonchev–Trinajstić information content (AvgIpc) is 3.54. The smallest absolute Gasteiger partial charge is 0.223 e. The maximum atomic E-state index is 13.2. The SMILES string of the molecule is O=C(NCCc1cccc(F)c1)C1CCC(Nc2cc(C3CC3)ncn2)CC1. The summed E-state index contributed by atoms with van der Waals surface area (Å²) in [6, 6.07) is 8.97. The van der Waals surface area contributed by atoms with Crippen LogP contribution in [-0.4, -0.2) is 28.5 Å². The molecule has 28 heavy (non-hydrogen) atoms. The Morgan fingerprint density at radius 2 is 1.89 bits per heavy atom. The zero-order valence-electron chi connectivity index (χ0n) is 16.0. The maximum Gasteiger partial charge on any atom is 0.223 e. The zero-order chi connectivity index (χ0) is 19.3. The lowest BCUT2D eigenvalue weighted by Gasteiger charge is -2.28. The molecule has 1 amide bonds. The van der Waals surface area contributed by atoms with Crippen molar-refractivity contribution >= 4 is 11.7 Å². The van der Waals surface area contributed by atoms with Crippen molar-refractivity contribution in [3.63, 3.8) is 0 Å². The molecule has 2 N–H and O–H groups in total. The number of halogens is 1. The maximum absolute atomic E-state index is 13.2. The molecule has 2 aliphatic rings. The fourth-order valence-corrected chi connectivity index (χ4v) is 3.93. The highest BCUT2D eigenvalue weighted by Gasteiger charge is 2.27. The van der Waals surface area contributed by atoms with Crippen LogP contribution in [0.2, 0.25) is 0 Å². The topological polar surface area (TPSA) is 66.9 Å². The minimum Gasteiger partial charge on any atom is -0.367 e. The molecule has 148 valence electrons. The second kappa shape index (κ2) is 8.67. The molecule has 6 heteroatoms. The van der Waals surface area contributed by atoms with Crippen LogP contribution in [0.4, 0.5) is 10.2 Å². The molecule has 1 aromatic carbocycles. The number of carbonyl (C=O) groups excluding carboxylic acids is 1. The molecule has 2 fully saturated rings. The number of hydrogen-bond donors (Lipinski definition) is 2. The van der Waals surface area contributed by atoms with Crippen LogP contribution >= 0.6 is 0 Å². The molecule has 0 radical (unpaired) electrons. The van der Waals surface area contributed by atoms with E-state index in [9.17, 15) is 9.18 Å². The Hall–Kier alpha value is -2.50. The van der Waals surface area contributed by atoms with Crippen LogP contribution in [0.1, 0.15) is 55.7 Å². The van der Waals surface area contributed by atoms with Crippen LogP contribution < -0.4 is 10.6 Å². The van der Waals surface area contributed by atoms with Crippen LogP contribution in [0.15, 0.2) is 36.7 Å². The van der Waals surface area contributed by atoms with E-state index in [1.165, 1.54) is 25.0 Å². The molecule has 0 unspecified atom stereocenters. The molecule has 0 bridgehead atoms. The Kier molecular flexibility index (Phi) is 5.84. The second-order valence-electron chi connectivity index (χ2n) is 7.97. The molecular formula is C22H27FN4O. The molecule has 1 heterocycles. The monoisotopic (exact) mass is 382 g/mol. The van der Waals surface area contributed by atoms with E-state index in [1.54, 1.807) is 12.4 Å². The molecule has 0 spiro atoms. The van der Waals surface area contributed by atoms with Gasteiger partial charge in [0.1, 0.15) is 18.0 Å². The van der Waals surface area contributed by atoms with Gasteiger partial charge in [-0.1, -0.05) is 12.1 Å². The summed E-state index contributed by atoms with van der Waals surface area (Å²) < 4.78 is 13.2. The Bertz CT molecular complexity index is 816. The molecular weight excluding hydrogens is 355 g/mol. The summed E-state index contributed by atoms with van der Waals surface area (Å²) in [6.07, 6.45) is 8.44. The third kappa shape index (κ3) is 5.06. The van der Waals surface area contributed by atoms with E-state index in [2.05, 4.69) is 26.7 Å². The average molecular weight is 382 g/mol. The first-order valence-corrected chi connectivity index (χ1v) is 10.3. The van der Waals surface area contributed by atoms with Crippen molar-refractivity contribution in [3.05, 3.63) is 53.7 Å². The number of anilines is 1. The van der Waals surface area contributed by atoms with Gasteiger partial charge in [-0.05, 0) is 62.6 Å². The van der Waals surface area contributed by atoms with Gasteiger partial charge in [-0.2, -0.15) is 0 Å². The van der Waals surface area contributed by atoms with Crippen molar-refractivity contribution in [2.45, 2.75) is 56.9 Å². The fraction of sp³-hybridized carbons (Fsp3) is 0.500. The van der Waals surface area contributed by atoms with E-state index in [-0.39, 0.29) is 17.6 Å². The minimum absolute atomic E-state index is 0.0676.